The topological polar surface area (TPSA) is 103 Å². The molecule has 0 N–H and O–H groups in total. The maximum absolute atomic E-state index is 13.7. The Morgan fingerprint density at radius 1 is 1.03 bits per heavy atom. The molecule has 7 nitrogen and oxygen atoms in total. The first-order chi connectivity index (χ1) is 15.9. The van der Waals surface area contributed by atoms with Crippen molar-refractivity contribution in [1.29, 1.82) is 0 Å². The molecule has 34 heavy (non-hydrogen) atoms. The number of hydrogen-bond donors (Lipinski definition) is 0. The molecule has 0 bridgehead atoms. The van der Waals surface area contributed by atoms with Crippen LogP contribution in [0.5, 0.6) is 0 Å². The van der Waals surface area contributed by atoms with Gasteiger partial charge in [-0.25, -0.2) is 18.4 Å². The number of ether oxygens (including phenoxy) is 1. The van der Waals surface area contributed by atoms with E-state index in [1.54, 1.807) is 24.3 Å². The average Bonchev–Trinajstić information content (AvgIpc) is 2.98. The van der Waals surface area contributed by atoms with E-state index in [0.717, 1.165) is 18.4 Å². The molecule has 1 aromatic carbocycles. The highest BCUT2D eigenvalue weighted by Gasteiger charge is 2.58. The number of nitrogens with zero attached hydrogens (tertiary/aromatic N) is 2. The van der Waals surface area contributed by atoms with Gasteiger partial charge < -0.3 is 4.74 Å². The van der Waals surface area contributed by atoms with E-state index in [4.69, 9.17) is 4.74 Å². The van der Waals surface area contributed by atoms with Crippen LogP contribution in [-0.4, -0.2) is 35.7 Å². The molecule has 0 amide bonds. The monoisotopic (exact) mass is 486 g/mol. The van der Waals surface area contributed by atoms with E-state index in [1.165, 1.54) is 12.4 Å². The van der Waals surface area contributed by atoms with Crippen LogP contribution < -0.4 is 0 Å². The van der Waals surface area contributed by atoms with Crippen molar-refractivity contribution < 1.29 is 22.7 Å². The lowest BCUT2D eigenvalue weighted by Gasteiger charge is -2.34. The second-order valence-corrected chi connectivity index (χ2v) is 12.0. The Morgan fingerprint density at radius 3 is 2.21 bits per heavy atom. The summed E-state index contributed by atoms with van der Waals surface area (Å²) in [6.45, 7) is 9.91. The molecule has 2 aromatic rings. The van der Waals surface area contributed by atoms with Gasteiger partial charge in [0.25, 0.3) is 0 Å². The maximum Gasteiger partial charge on any atom is 0.318 e. The smallest absolute Gasteiger partial charge is 0.318 e. The second-order valence-electron chi connectivity index (χ2n) is 10.1. The number of ketones is 1. The maximum atomic E-state index is 13.7. The van der Waals surface area contributed by atoms with E-state index in [2.05, 4.69) is 9.97 Å². The summed E-state index contributed by atoms with van der Waals surface area (Å²) in [6.07, 6.45) is 5.27. The highest BCUT2D eigenvalue weighted by Crippen LogP contribution is 2.48. The minimum Gasteiger partial charge on any atom is -0.450 e. The third-order valence-corrected chi connectivity index (χ3v) is 7.82. The summed E-state index contributed by atoms with van der Waals surface area (Å²) >= 11 is 0. The summed E-state index contributed by atoms with van der Waals surface area (Å²) in [5.41, 5.74) is -0.228. The zero-order valence-electron chi connectivity index (χ0n) is 20.6. The first kappa shape index (κ1) is 26.0. The Morgan fingerprint density at radius 2 is 1.65 bits per heavy atom. The number of carbonyl (C=O) groups excluding carboxylic acids is 2. The van der Waals surface area contributed by atoms with E-state index in [0.29, 0.717) is 18.4 Å². The van der Waals surface area contributed by atoms with Crippen LogP contribution in [0.3, 0.4) is 0 Å². The Labute approximate surface area is 202 Å². The van der Waals surface area contributed by atoms with Gasteiger partial charge in [0.15, 0.2) is 11.4 Å². The molecular weight excluding hydrogens is 452 g/mol. The normalized spacial score (nSPS) is 19.1. The molecule has 1 aliphatic rings. The lowest BCUT2D eigenvalue weighted by atomic mass is 9.66. The molecule has 0 saturated carbocycles. The minimum atomic E-state index is -3.75. The highest BCUT2D eigenvalue weighted by molar-refractivity contribution is 7.90. The van der Waals surface area contributed by atoms with E-state index >= 15 is 0 Å². The Hall–Kier alpha value is -2.61. The summed E-state index contributed by atoms with van der Waals surface area (Å²) in [7, 11) is -3.75. The number of hydrogen-bond acceptors (Lipinski definition) is 7. The Balaban J connectivity index is 2.00. The van der Waals surface area contributed by atoms with Crippen LogP contribution in [0.2, 0.25) is 0 Å². The number of sulfone groups is 1. The third kappa shape index (κ3) is 5.22. The third-order valence-electron chi connectivity index (χ3n) is 6.34. The summed E-state index contributed by atoms with van der Waals surface area (Å²) in [5.74, 6) is -2.30. The summed E-state index contributed by atoms with van der Waals surface area (Å²) in [6, 6.07) is 8.67. The molecule has 1 fully saturated rings. The molecule has 0 aliphatic carbocycles. The Bertz CT molecular complexity index is 1130. The van der Waals surface area contributed by atoms with Gasteiger partial charge in [-0.2, -0.15) is 0 Å². The molecule has 3 rings (SSSR count). The highest BCUT2D eigenvalue weighted by atomic mass is 32.2. The molecule has 0 radical (unpaired) electrons. The van der Waals surface area contributed by atoms with Crippen LogP contribution in [0.1, 0.15) is 77.3 Å². The van der Waals surface area contributed by atoms with Crippen molar-refractivity contribution in [2.45, 2.75) is 82.7 Å². The minimum absolute atomic E-state index is 0.156. The standard InChI is InChI=1S/C26H34N2O5S/c1-6-12-26(13-7-2)22(29)20(23(30)33-26)21(25(3,4)5)19-11-8-10-18(16-19)17-34(31,32)24-27-14-9-15-28-24/h8-11,14-16,20-21H,6-7,12-13,17H2,1-5H3. The summed E-state index contributed by atoms with van der Waals surface area (Å²) in [5, 5.41) is -0.230. The molecule has 8 heteroatoms. The van der Waals surface area contributed by atoms with Gasteiger partial charge >= 0.3 is 5.97 Å². The molecular formula is C26H34N2O5S. The number of rotatable bonds is 9. The number of Topliss-reactive ketones (excluding diaryl/α,β-unsaturated/α-hetero) is 1. The van der Waals surface area contributed by atoms with Crippen molar-refractivity contribution in [3.8, 4) is 0 Å². The van der Waals surface area contributed by atoms with Crippen LogP contribution >= 0.6 is 0 Å². The first-order valence-electron chi connectivity index (χ1n) is 11.8. The number of carbonyl (C=O) groups is 2. The van der Waals surface area contributed by atoms with Gasteiger partial charge in [0.05, 0.1) is 5.75 Å². The van der Waals surface area contributed by atoms with Crippen LogP contribution in [0, 0.1) is 11.3 Å². The predicted octanol–water partition coefficient (Wildman–Crippen LogP) is 4.66. The largest absolute Gasteiger partial charge is 0.450 e. The number of cyclic esters (lactones) is 1. The first-order valence-corrected chi connectivity index (χ1v) is 13.5. The van der Waals surface area contributed by atoms with Crippen molar-refractivity contribution in [3.63, 3.8) is 0 Å². The second kappa shape index (κ2) is 9.94. The van der Waals surface area contributed by atoms with Crippen molar-refractivity contribution >= 4 is 21.6 Å². The molecule has 2 heterocycles. The van der Waals surface area contributed by atoms with Crippen LogP contribution in [-0.2, 0) is 29.9 Å². The van der Waals surface area contributed by atoms with Crippen molar-refractivity contribution in [1.82, 2.24) is 9.97 Å². The van der Waals surface area contributed by atoms with E-state index in [9.17, 15) is 18.0 Å². The number of esters is 1. The van der Waals surface area contributed by atoms with Gasteiger partial charge in [-0.1, -0.05) is 71.7 Å². The van der Waals surface area contributed by atoms with E-state index < -0.39 is 38.7 Å². The molecule has 1 aliphatic heterocycles. The van der Waals surface area contributed by atoms with Crippen LogP contribution in [0.4, 0.5) is 0 Å². The fourth-order valence-corrected chi connectivity index (χ4v) is 6.25. The van der Waals surface area contributed by atoms with Crippen LogP contribution in [0.15, 0.2) is 47.9 Å². The molecule has 0 spiro atoms. The van der Waals surface area contributed by atoms with E-state index in [1.807, 2.05) is 40.7 Å². The summed E-state index contributed by atoms with van der Waals surface area (Å²) < 4.78 is 31.5. The van der Waals surface area contributed by atoms with E-state index in [-0.39, 0.29) is 16.7 Å². The fraction of sp³-hybridized carbons (Fsp3) is 0.538. The molecule has 2 unspecified atom stereocenters. The van der Waals surface area contributed by atoms with Gasteiger partial charge in [-0.05, 0) is 35.4 Å². The van der Waals surface area contributed by atoms with Crippen molar-refractivity contribution in [2.75, 3.05) is 0 Å². The SMILES string of the molecule is CCCC1(CCC)OC(=O)C(C(c2cccc(CS(=O)(=O)c3ncccn3)c2)C(C)(C)C)C1=O. The zero-order valence-corrected chi connectivity index (χ0v) is 21.4. The van der Waals surface area contributed by atoms with Gasteiger partial charge in [0.1, 0.15) is 5.92 Å². The van der Waals surface area contributed by atoms with Gasteiger partial charge in [0.2, 0.25) is 15.0 Å². The van der Waals surface area contributed by atoms with Gasteiger partial charge in [-0.3, -0.25) is 9.59 Å². The lowest BCUT2D eigenvalue weighted by Crippen LogP contribution is -2.40. The Kier molecular flexibility index (Phi) is 7.60. The van der Waals surface area contributed by atoms with Crippen molar-refractivity contribution in [2.24, 2.45) is 11.3 Å². The van der Waals surface area contributed by atoms with Crippen LogP contribution in [0.25, 0.3) is 0 Å². The average molecular weight is 487 g/mol. The zero-order chi connectivity index (χ0) is 25.1. The molecule has 1 saturated heterocycles. The number of benzene rings is 1. The van der Waals surface area contributed by atoms with Crippen molar-refractivity contribution in [3.05, 3.63) is 53.9 Å². The summed E-state index contributed by atoms with van der Waals surface area (Å²) in [4.78, 5) is 34.6. The molecule has 2 atom stereocenters. The van der Waals surface area contributed by atoms with Gasteiger partial charge in [-0.15, -0.1) is 0 Å². The predicted molar refractivity (Wildman–Crippen MR) is 129 cm³/mol. The van der Waals surface area contributed by atoms with Gasteiger partial charge in [0, 0.05) is 18.3 Å². The quantitative estimate of drug-likeness (QED) is 0.288. The number of aromatic nitrogens is 2. The lowest BCUT2D eigenvalue weighted by molar-refractivity contribution is -0.154. The molecule has 184 valence electrons. The fourth-order valence-electron chi connectivity index (χ4n) is 5.06. The molecule has 1 aromatic heterocycles.